The maximum absolute atomic E-state index is 13.4. The van der Waals surface area contributed by atoms with Gasteiger partial charge in [0.05, 0.1) is 6.54 Å². The fraction of sp³-hybridized carbons (Fsp3) is 0.429. The molecular weight excluding hydrogens is 364 g/mol. The molecule has 0 radical (unpaired) electrons. The summed E-state index contributed by atoms with van der Waals surface area (Å²) >= 11 is 0. The highest BCUT2D eigenvalue weighted by molar-refractivity contribution is 5.77. The van der Waals surface area contributed by atoms with Crippen molar-refractivity contribution in [3.8, 4) is 0 Å². The van der Waals surface area contributed by atoms with E-state index in [1.807, 2.05) is 18.7 Å². The van der Waals surface area contributed by atoms with Gasteiger partial charge < -0.3 is 14.4 Å². The lowest BCUT2D eigenvalue weighted by Gasteiger charge is -2.41. The molecule has 1 aromatic carbocycles. The van der Waals surface area contributed by atoms with Gasteiger partial charge in [0.25, 0.3) is 5.56 Å². The van der Waals surface area contributed by atoms with Gasteiger partial charge in [0.2, 0.25) is 5.91 Å². The van der Waals surface area contributed by atoms with Crippen LogP contribution in [0.1, 0.15) is 28.8 Å². The van der Waals surface area contributed by atoms with E-state index in [-0.39, 0.29) is 17.4 Å². The third-order valence-electron chi connectivity index (χ3n) is 6.07. The molecule has 4 rings (SSSR count). The Labute approximate surface area is 162 Å². The summed E-state index contributed by atoms with van der Waals surface area (Å²) < 4.78 is 28.4. The van der Waals surface area contributed by atoms with Crippen LogP contribution in [0.4, 0.5) is 14.5 Å². The smallest absolute Gasteiger partial charge is 0.253 e. The number of pyridine rings is 1. The Morgan fingerprint density at radius 2 is 1.71 bits per heavy atom. The second-order valence-corrected chi connectivity index (χ2v) is 7.89. The van der Waals surface area contributed by atoms with E-state index in [1.54, 1.807) is 16.5 Å². The summed E-state index contributed by atoms with van der Waals surface area (Å²) in [7, 11) is 1.75. The highest BCUT2D eigenvalue weighted by Crippen LogP contribution is 2.30. The minimum absolute atomic E-state index is 0.0116. The molecule has 0 bridgehead atoms. The van der Waals surface area contributed by atoms with Crippen LogP contribution in [0.2, 0.25) is 0 Å². The van der Waals surface area contributed by atoms with E-state index in [1.165, 1.54) is 12.1 Å². The SMILES string of the molecule is Cc1c2c(n(C)c(=O)c1C)CN(C(=O)CC1CN(c3cc(F)cc(F)c3)C1)C2. The molecule has 1 aromatic heterocycles. The van der Waals surface area contributed by atoms with Crippen LogP contribution in [0.3, 0.4) is 0 Å². The van der Waals surface area contributed by atoms with Gasteiger partial charge in [0.1, 0.15) is 11.6 Å². The lowest BCUT2D eigenvalue weighted by molar-refractivity contribution is -0.133. The van der Waals surface area contributed by atoms with E-state index in [4.69, 9.17) is 0 Å². The third-order valence-corrected chi connectivity index (χ3v) is 6.07. The summed E-state index contributed by atoms with van der Waals surface area (Å²) in [5.74, 6) is -0.980. The van der Waals surface area contributed by atoms with Crippen LogP contribution >= 0.6 is 0 Å². The van der Waals surface area contributed by atoms with Gasteiger partial charge in [-0.15, -0.1) is 0 Å². The molecule has 2 aromatic rings. The number of aromatic nitrogens is 1. The molecular formula is C21H23F2N3O2. The first kappa shape index (κ1) is 18.7. The van der Waals surface area contributed by atoms with Crippen molar-refractivity contribution in [1.29, 1.82) is 0 Å². The Hall–Kier alpha value is -2.70. The average Bonchev–Trinajstić information content (AvgIpc) is 3.05. The topological polar surface area (TPSA) is 45.6 Å². The minimum atomic E-state index is -0.597. The number of amides is 1. The number of carbonyl (C=O) groups excluding carboxylic acids is 1. The van der Waals surface area contributed by atoms with Crippen molar-refractivity contribution in [3.05, 3.63) is 62.6 Å². The molecule has 148 valence electrons. The van der Waals surface area contributed by atoms with Crippen molar-refractivity contribution in [1.82, 2.24) is 9.47 Å². The molecule has 2 aliphatic rings. The minimum Gasteiger partial charge on any atom is -0.371 e. The molecule has 1 amide bonds. The molecule has 7 heteroatoms. The molecule has 3 heterocycles. The van der Waals surface area contributed by atoms with Crippen molar-refractivity contribution < 1.29 is 13.6 Å². The number of anilines is 1. The highest BCUT2D eigenvalue weighted by atomic mass is 19.1. The molecule has 0 N–H and O–H groups in total. The van der Waals surface area contributed by atoms with E-state index in [0.29, 0.717) is 38.3 Å². The Morgan fingerprint density at radius 3 is 2.36 bits per heavy atom. The van der Waals surface area contributed by atoms with Gasteiger partial charge in [0, 0.05) is 62.0 Å². The number of hydrogen-bond acceptors (Lipinski definition) is 3. The molecule has 1 fully saturated rings. The number of fused-ring (bicyclic) bond motifs is 1. The van der Waals surface area contributed by atoms with E-state index in [9.17, 15) is 18.4 Å². The maximum atomic E-state index is 13.4. The molecule has 0 atom stereocenters. The van der Waals surface area contributed by atoms with Crippen LogP contribution in [0.25, 0.3) is 0 Å². The molecule has 5 nitrogen and oxygen atoms in total. The Morgan fingerprint density at radius 1 is 1.07 bits per heavy atom. The number of halogens is 2. The van der Waals surface area contributed by atoms with Crippen LogP contribution in [0.15, 0.2) is 23.0 Å². The van der Waals surface area contributed by atoms with Crippen molar-refractivity contribution in [2.45, 2.75) is 33.4 Å². The van der Waals surface area contributed by atoms with Crippen LogP contribution in [0.5, 0.6) is 0 Å². The number of benzene rings is 1. The fourth-order valence-corrected chi connectivity index (χ4v) is 4.20. The van der Waals surface area contributed by atoms with E-state index in [0.717, 1.165) is 28.5 Å². The van der Waals surface area contributed by atoms with Gasteiger partial charge in [0.15, 0.2) is 0 Å². The lowest BCUT2D eigenvalue weighted by atomic mass is 9.95. The zero-order chi connectivity index (χ0) is 20.2. The van der Waals surface area contributed by atoms with E-state index >= 15 is 0 Å². The quantitative estimate of drug-likeness (QED) is 0.814. The predicted octanol–water partition coefficient (Wildman–Crippen LogP) is 2.65. The third kappa shape index (κ3) is 3.08. The van der Waals surface area contributed by atoms with Gasteiger partial charge in [-0.2, -0.15) is 0 Å². The Bertz CT molecular complexity index is 1010. The predicted molar refractivity (Wildman–Crippen MR) is 102 cm³/mol. The lowest BCUT2D eigenvalue weighted by Crippen LogP contribution is -2.48. The first-order valence-corrected chi connectivity index (χ1v) is 9.41. The van der Waals surface area contributed by atoms with Crippen molar-refractivity contribution >= 4 is 11.6 Å². The fourth-order valence-electron chi connectivity index (χ4n) is 4.20. The highest BCUT2D eigenvalue weighted by Gasteiger charge is 2.33. The standard InChI is InChI=1S/C21H23F2N3O2/c1-12-13(2)21(28)24(3)19-11-26(10-18(12)19)20(27)4-14-8-25(9-14)17-6-15(22)5-16(23)7-17/h5-7,14H,4,8-11H2,1-3H3. The summed E-state index contributed by atoms with van der Waals surface area (Å²) in [5.41, 5.74) is 4.17. The normalized spacial score (nSPS) is 16.3. The van der Waals surface area contributed by atoms with Gasteiger partial charge in [-0.1, -0.05) is 0 Å². The van der Waals surface area contributed by atoms with Crippen molar-refractivity contribution in [3.63, 3.8) is 0 Å². The molecule has 0 unspecified atom stereocenters. The molecule has 0 aliphatic carbocycles. The summed E-state index contributed by atoms with van der Waals surface area (Å²) in [6, 6.07) is 3.47. The second kappa shape index (κ2) is 6.72. The number of carbonyl (C=O) groups is 1. The zero-order valence-corrected chi connectivity index (χ0v) is 16.3. The summed E-state index contributed by atoms with van der Waals surface area (Å²) in [4.78, 5) is 28.7. The monoisotopic (exact) mass is 387 g/mol. The summed E-state index contributed by atoms with van der Waals surface area (Å²) in [6.07, 6.45) is 0.397. The van der Waals surface area contributed by atoms with Crippen molar-refractivity contribution in [2.24, 2.45) is 13.0 Å². The van der Waals surface area contributed by atoms with Gasteiger partial charge in [-0.25, -0.2) is 8.78 Å². The van der Waals surface area contributed by atoms with Gasteiger partial charge in [-0.3, -0.25) is 9.59 Å². The molecule has 28 heavy (non-hydrogen) atoms. The maximum Gasteiger partial charge on any atom is 0.253 e. The van der Waals surface area contributed by atoms with E-state index < -0.39 is 11.6 Å². The first-order valence-electron chi connectivity index (χ1n) is 9.41. The Balaban J connectivity index is 1.39. The molecule has 2 aliphatic heterocycles. The largest absolute Gasteiger partial charge is 0.371 e. The molecule has 0 saturated carbocycles. The molecule has 0 spiro atoms. The van der Waals surface area contributed by atoms with Gasteiger partial charge in [-0.05, 0) is 37.1 Å². The Kier molecular flexibility index (Phi) is 4.48. The van der Waals surface area contributed by atoms with E-state index in [2.05, 4.69) is 0 Å². The average molecular weight is 387 g/mol. The zero-order valence-electron chi connectivity index (χ0n) is 16.3. The first-order chi connectivity index (χ1) is 13.2. The van der Waals surface area contributed by atoms with Crippen LogP contribution in [0, 0.1) is 31.4 Å². The summed E-state index contributed by atoms with van der Waals surface area (Å²) in [6.45, 7) is 5.94. The van der Waals surface area contributed by atoms with Crippen LogP contribution in [-0.2, 0) is 24.9 Å². The number of hydrogen-bond donors (Lipinski definition) is 0. The van der Waals surface area contributed by atoms with Crippen LogP contribution in [-0.4, -0.2) is 28.5 Å². The van der Waals surface area contributed by atoms with Crippen molar-refractivity contribution in [2.75, 3.05) is 18.0 Å². The van der Waals surface area contributed by atoms with Crippen LogP contribution < -0.4 is 10.5 Å². The number of rotatable bonds is 3. The van der Waals surface area contributed by atoms with Gasteiger partial charge >= 0.3 is 0 Å². The second-order valence-electron chi connectivity index (χ2n) is 7.89. The molecule has 1 saturated heterocycles. The summed E-state index contributed by atoms with van der Waals surface area (Å²) in [5, 5.41) is 0. The number of nitrogens with zero attached hydrogens (tertiary/aromatic N) is 3.